The van der Waals surface area contributed by atoms with Crippen LogP contribution in [0.3, 0.4) is 0 Å². The fourth-order valence-corrected chi connectivity index (χ4v) is 1.87. The lowest BCUT2D eigenvalue weighted by Gasteiger charge is -2.33. The highest BCUT2D eigenvalue weighted by Crippen LogP contribution is 2.28. The summed E-state index contributed by atoms with van der Waals surface area (Å²) in [5.74, 6) is 0.650. The number of rotatable bonds is 2. The molecule has 1 heterocycles. The molecule has 0 saturated heterocycles. The molecule has 2 rings (SSSR count). The van der Waals surface area contributed by atoms with Gasteiger partial charge in [0.15, 0.2) is 5.82 Å². The van der Waals surface area contributed by atoms with E-state index < -0.39 is 5.72 Å². The van der Waals surface area contributed by atoms with Crippen molar-refractivity contribution in [3.8, 4) is 0 Å². The molecule has 0 atom stereocenters. The van der Waals surface area contributed by atoms with Crippen LogP contribution in [0.1, 0.15) is 32.1 Å². The quantitative estimate of drug-likeness (QED) is 0.699. The van der Waals surface area contributed by atoms with E-state index in [1.807, 2.05) is 12.1 Å². The van der Waals surface area contributed by atoms with Gasteiger partial charge in [-0.05, 0) is 37.8 Å². The van der Waals surface area contributed by atoms with Crippen LogP contribution in [0.4, 0.5) is 5.82 Å². The molecule has 1 aliphatic rings. The maximum absolute atomic E-state index is 10.1. The second kappa shape index (κ2) is 3.92. The van der Waals surface area contributed by atoms with Gasteiger partial charge in [0.25, 0.3) is 0 Å². The highest BCUT2D eigenvalue weighted by atomic mass is 16.3. The lowest BCUT2D eigenvalue weighted by atomic mass is 9.92. The van der Waals surface area contributed by atoms with Gasteiger partial charge in [-0.1, -0.05) is 6.42 Å². The molecule has 4 nitrogen and oxygen atoms in total. The first-order valence-corrected chi connectivity index (χ1v) is 5.07. The Morgan fingerprint density at radius 2 is 2.07 bits per heavy atom. The van der Waals surface area contributed by atoms with Gasteiger partial charge < -0.3 is 10.4 Å². The standard InChI is InChI=1S/C10H15N3O/c14-10(6-2-1-3-7-10)12-9-5-4-8-11-13-9/h4-5,8,14H,1-3,6-7H2,(H,12,13). The van der Waals surface area contributed by atoms with Crippen molar-refractivity contribution in [1.29, 1.82) is 0 Å². The first-order valence-electron chi connectivity index (χ1n) is 5.07. The minimum atomic E-state index is -0.770. The first kappa shape index (κ1) is 9.40. The molecule has 0 radical (unpaired) electrons. The third-order valence-corrected chi connectivity index (χ3v) is 2.61. The van der Waals surface area contributed by atoms with Gasteiger partial charge in [-0.3, -0.25) is 0 Å². The number of hydrogen-bond acceptors (Lipinski definition) is 4. The van der Waals surface area contributed by atoms with E-state index in [4.69, 9.17) is 0 Å². The molecule has 1 aromatic heterocycles. The van der Waals surface area contributed by atoms with Gasteiger partial charge in [-0.2, -0.15) is 5.10 Å². The van der Waals surface area contributed by atoms with Crippen molar-refractivity contribution in [3.63, 3.8) is 0 Å². The SMILES string of the molecule is OC1(Nc2cccnn2)CCCCC1. The summed E-state index contributed by atoms with van der Waals surface area (Å²) in [7, 11) is 0. The van der Waals surface area contributed by atoms with E-state index >= 15 is 0 Å². The summed E-state index contributed by atoms with van der Waals surface area (Å²) in [5, 5.41) is 20.8. The molecule has 1 aromatic rings. The van der Waals surface area contributed by atoms with Gasteiger partial charge in [-0.25, -0.2) is 0 Å². The van der Waals surface area contributed by atoms with Crippen LogP contribution < -0.4 is 5.32 Å². The summed E-state index contributed by atoms with van der Waals surface area (Å²) in [4.78, 5) is 0. The third-order valence-electron chi connectivity index (χ3n) is 2.61. The molecule has 4 heteroatoms. The fourth-order valence-electron chi connectivity index (χ4n) is 1.87. The van der Waals surface area contributed by atoms with Crippen molar-refractivity contribution in [3.05, 3.63) is 18.3 Å². The zero-order valence-corrected chi connectivity index (χ0v) is 8.11. The van der Waals surface area contributed by atoms with Crippen LogP contribution in [-0.4, -0.2) is 21.0 Å². The van der Waals surface area contributed by atoms with Gasteiger partial charge in [0.2, 0.25) is 0 Å². The van der Waals surface area contributed by atoms with Crippen molar-refractivity contribution >= 4 is 5.82 Å². The van der Waals surface area contributed by atoms with Gasteiger partial charge in [-0.15, -0.1) is 5.10 Å². The molecular weight excluding hydrogens is 178 g/mol. The van der Waals surface area contributed by atoms with Crippen LogP contribution in [0.15, 0.2) is 18.3 Å². The first-order chi connectivity index (χ1) is 6.79. The molecule has 1 fully saturated rings. The second-order valence-electron chi connectivity index (χ2n) is 3.83. The van der Waals surface area contributed by atoms with Crippen LogP contribution in [0.2, 0.25) is 0 Å². The van der Waals surface area contributed by atoms with Crippen LogP contribution >= 0.6 is 0 Å². The number of hydrogen-bond donors (Lipinski definition) is 2. The second-order valence-corrected chi connectivity index (χ2v) is 3.83. The van der Waals surface area contributed by atoms with E-state index in [1.165, 1.54) is 6.42 Å². The topological polar surface area (TPSA) is 58.0 Å². The van der Waals surface area contributed by atoms with Crippen LogP contribution in [-0.2, 0) is 0 Å². The summed E-state index contributed by atoms with van der Waals surface area (Å²) in [5.41, 5.74) is -0.770. The smallest absolute Gasteiger partial charge is 0.150 e. The summed E-state index contributed by atoms with van der Waals surface area (Å²) < 4.78 is 0. The average Bonchev–Trinajstić information content (AvgIpc) is 2.19. The van der Waals surface area contributed by atoms with Crippen LogP contribution in [0.25, 0.3) is 0 Å². The van der Waals surface area contributed by atoms with E-state index in [9.17, 15) is 5.11 Å². The van der Waals surface area contributed by atoms with Gasteiger partial charge >= 0.3 is 0 Å². The molecule has 0 amide bonds. The molecule has 0 unspecified atom stereocenters. The van der Waals surface area contributed by atoms with Crippen molar-refractivity contribution in [2.24, 2.45) is 0 Å². The monoisotopic (exact) mass is 193 g/mol. The fraction of sp³-hybridized carbons (Fsp3) is 0.600. The number of aliphatic hydroxyl groups is 1. The lowest BCUT2D eigenvalue weighted by molar-refractivity contribution is 0.0312. The van der Waals surface area contributed by atoms with E-state index in [1.54, 1.807) is 6.20 Å². The maximum Gasteiger partial charge on any atom is 0.150 e. The normalized spacial score (nSPS) is 20.4. The average molecular weight is 193 g/mol. The summed E-state index contributed by atoms with van der Waals surface area (Å²) in [6.07, 6.45) is 6.57. The molecule has 1 aliphatic carbocycles. The zero-order chi connectivity index (χ0) is 9.86. The molecule has 0 bridgehead atoms. The predicted octanol–water partition coefficient (Wildman–Crippen LogP) is 1.54. The lowest BCUT2D eigenvalue weighted by Crippen LogP contribution is -2.40. The Hall–Kier alpha value is -1.16. The summed E-state index contributed by atoms with van der Waals surface area (Å²) in [6.45, 7) is 0. The van der Waals surface area contributed by atoms with Crippen molar-refractivity contribution in [1.82, 2.24) is 10.2 Å². The number of nitrogens with one attached hydrogen (secondary N) is 1. The number of nitrogens with zero attached hydrogens (tertiary/aromatic N) is 2. The Kier molecular flexibility index (Phi) is 2.63. The maximum atomic E-state index is 10.1. The van der Waals surface area contributed by atoms with Crippen LogP contribution in [0.5, 0.6) is 0 Å². The van der Waals surface area contributed by atoms with Crippen LogP contribution in [0, 0.1) is 0 Å². The molecular formula is C10H15N3O. The Balaban J connectivity index is 2.02. The molecule has 0 aromatic carbocycles. The Morgan fingerprint density at radius 3 is 2.71 bits per heavy atom. The molecule has 76 valence electrons. The van der Waals surface area contributed by atoms with Gasteiger partial charge in [0, 0.05) is 6.20 Å². The van der Waals surface area contributed by atoms with Gasteiger partial charge in [0.05, 0.1) is 0 Å². The number of aromatic nitrogens is 2. The van der Waals surface area contributed by atoms with E-state index in [-0.39, 0.29) is 0 Å². The highest BCUT2D eigenvalue weighted by molar-refractivity contribution is 5.34. The Bertz CT molecular complexity index is 283. The summed E-state index contributed by atoms with van der Waals surface area (Å²) in [6, 6.07) is 3.63. The third kappa shape index (κ3) is 2.20. The summed E-state index contributed by atoms with van der Waals surface area (Å²) >= 11 is 0. The molecule has 2 N–H and O–H groups in total. The predicted molar refractivity (Wildman–Crippen MR) is 53.7 cm³/mol. The van der Waals surface area contributed by atoms with Crippen molar-refractivity contribution in [2.75, 3.05) is 5.32 Å². The number of anilines is 1. The highest BCUT2D eigenvalue weighted by Gasteiger charge is 2.28. The van der Waals surface area contributed by atoms with Gasteiger partial charge in [0.1, 0.15) is 5.72 Å². The molecule has 0 aliphatic heterocycles. The largest absolute Gasteiger partial charge is 0.371 e. The van der Waals surface area contributed by atoms with E-state index in [0.29, 0.717) is 5.82 Å². The Morgan fingerprint density at radius 1 is 1.29 bits per heavy atom. The molecule has 14 heavy (non-hydrogen) atoms. The minimum Gasteiger partial charge on any atom is -0.371 e. The van der Waals surface area contributed by atoms with Crippen molar-refractivity contribution < 1.29 is 5.11 Å². The van der Waals surface area contributed by atoms with E-state index in [0.717, 1.165) is 25.7 Å². The molecule has 0 spiro atoms. The Labute approximate surface area is 83.4 Å². The molecule has 1 saturated carbocycles. The van der Waals surface area contributed by atoms with E-state index in [2.05, 4.69) is 15.5 Å². The van der Waals surface area contributed by atoms with Crippen molar-refractivity contribution in [2.45, 2.75) is 37.8 Å². The minimum absolute atomic E-state index is 0.650. The zero-order valence-electron chi connectivity index (χ0n) is 8.11.